The fourth-order valence-corrected chi connectivity index (χ4v) is 17.1. The number of nitrogens with zero attached hydrogens (tertiary/aromatic N) is 2. The maximum Gasteiger partial charge on any atom is 0.488 e. The minimum atomic E-state index is -1.45. The Morgan fingerprint density at radius 3 is 1.05 bits per heavy atom. The molecule has 0 aromatic heterocycles. The van der Waals surface area contributed by atoms with Gasteiger partial charge in [-0.3, -0.25) is 0 Å². The molecule has 0 radical (unpaired) electrons. The summed E-state index contributed by atoms with van der Waals surface area (Å²) in [5.74, 6) is 1.83. The Morgan fingerprint density at radius 1 is 0.351 bits per heavy atom. The molecular formula is C86H85BBrN4O4P. The minimum Gasteiger partial charge on any atom is -0.496 e. The molecule has 0 bridgehead atoms. The number of methoxy groups -OCH3 is 2. The Morgan fingerprint density at radius 2 is 0.670 bits per heavy atom. The van der Waals surface area contributed by atoms with E-state index in [1.807, 2.05) is 164 Å². The molecule has 0 heterocycles. The molecule has 2 fully saturated rings. The summed E-state index contributed by atoms with van der Waals surface area (Å²) < 4.78 is 12.7. The van der Waals surface area contributed by atoms with Crippen LogP contribution in [-0.2, 0) is 0 Å². The molecule has 0 unspecified atom stereocenters. The van der Waals surface area contributed by atoms with Crippen LogP contribution < -0.4 is 40.7 Å². The van der Waals surface area contributed by atoms with Gasteiger partial charge in [-0.25, -0.2) is 0 Å². The van der Waals surface area contributed by atoms with Crippen molar-refractivity contribution in [1.82, 2.24) is 0 Å². The third-order valence-corrected chi connectivity index (χ3v) is 21.7. The lowest BCUT2D eigenvalue weighted by atomic mass is 9.80. The van der Waals surface area contributed by atoms with Gasteiger partial charge in [-0.05, 0) is 210 Å². The predicted molar refractivity (Wildman–Crippen MR) is 416 cm³/mol. The molecule has 97 heavy (non-hydrogen) atoms. The molecule has 12 aromatic rings. The number of anilines is 10. The van der Waals surface area contributed by atoms with Crippen molar-refractivity contribution >= 4 is 98.6 Å². The molecule has 4 N–H and O–H groups in total. The molecule has 0 atom stereocenters. The zero-order chi connectivity index (χ0) is 66.8. The maximum absolute atomic E-state index is 9.23. The van der Waals surface area contributed by atoms with Gasteiger partial charge in [0.2, 0.25) is 0 Å². The molecule has 12 aromatic carbocycles. The maximum atomic E-state index is 9.23. The molecule has 2 aliphatic carbocycles. The van der Waals surface area contributed by atoms with Crippen molar-refractivity contribution in [2.45, 2.75) is 75.5 Å². The topological polar surface area (TPSA) is 89.5 Å². The van der Waals surface area contributed by atoms with Crippen LogP contribution in [0.25, 0.3) is 22.3 Å². The van der Waals surface area contributed by atoms with E-state index in [1.54, 1.807) is 31.7 Å². The number of rotatable bonds is 18. The monoisotopic (exact) mass is 1360 g/mol. The van der Waals surface area contributed by atoms with Crippen molar-refractivity contribution in [1.29, 1.82) is 0 Å². The van der Waals surface area contributed by atoms with Crippen LogP contribution in [0.1, 0.15) is 64.2 Å². The fraction of sp³-hybridized carbons (Fsp3) is 0.163. The van der Waals surface area contributed by atoms with E-state index in [2.05, 4.69) is 182 Å². The standard InChI is InChI=1S/C30H24N2.C26H35O2P.C18H16BNO2.C12H10BrN/c1-4-10-26(11-5-1)31-27-20-16-24(17-21-27)25-18-22-30(23-19-25)32(28-12-6-2-7-13-28)29-14-8-3-9-15-29;1-27-23-17-11-18-24(28-2)26(23)22-16-9-10-19-25(22)29(20-12-5-3-6-13-20)21-14-7-4-8-15-21;21-19(22)15-11-13-18(14-12-15)20(16-7-3-1-4-8-16)17-9-5-2-6-10-17;13-10-6-8-12(9-7-10)14-11-4-2-1-3-5-11/h1-23,31H;9-11,16-21H,3-8,12-15H2,1-2H3;1-14,21-22H;1-9,14H. The van der Waals surface area contributed by atoms with Crippen molar-refractivity contribution in [2.24, 2.45) is 0 Å². The summed E-state index contributed by atoms with van der Waals surface area (Å²) in [7, 11) is 1.91. The van der Waals surface area contributed by atoms with Gasteiger partial charge >= 0.3 is 7.12 Å². The van der Waals surface area contributed by atoms with Crippen LogP contribution in [0.4, 0.5) is 56.9 Å². The van der Waals surface area contributed by atoms with Gasteiger partial charge < -0.3 is 40.0 Å². The third kappa shape index (κ3) is 19.1. The molecule has 11 heteroatoms. The van der Waals surface area contributed by atoms with E-state index in [9.17, 15) is 10.0 Å². The quantitative estimate of drug-likeness (QED) is 0.0499. The predicted octanol–water partition coefficient (Wildman–Crippen LogP) is 22.7. The molecule has 488 valence electrons. The number of nitrogens with one attached hydrogen (secondary N) is 2. The second-order valence-electron chi connectivity index (χ2n) is 24.1. The number of ether oxygens (including phenoxy) is 2. The first-order valence-electron chi connectivity index (χ1n) is 33.8. The largest absolute Gasteiger partial charge is 0.496 e. The fourth-order valence-electron chi connectivity index (χ4n) is 12.9. The summed E-state index contributed by atoms with van der Waals surface area (Å²) in [5, 5.41) is 26.8. The second-order valence-corrected chi connectivity index (χ2v) is 27.8. The van der Waals surface area contributed by atoms with Gasteiger partial charge in [-0.15, -0.1) is 0 Å². The summed E-state index contributed by atoms with van der Waals surface area (Å²) in [6.07, 6.45) is 14.2. The van der Waals surface area contributed by atoms with E-state index >= 15 is 0 Å². The van der Waals surface area contributed by atoms with Crippen LogP contribution in [0.2, 0.25) is 0 Å². The van der Waals surface area contributed by atoms with Crippen molar-refractivity contribution < 1.29 is 19.5 Å². The number of halogens is 1. The first-order chi connectivity index (χ1) is 47.8. The number of hydrogen-bond donors (Lipinski definition) is 4. The second kappa shape index (κ2) is 35.9. The van der Waals surface area contributed by atoms with Gasteiger partial charge in [-0.2, -0.15) is 0 Å². The first-order valence-corrected chi connectivity index (χ1v) is 36.0. The normalized spacial score (nSPS) is 12.8. The lowest BCUT2D eigenvalue weighted by Gasteiger charge is -2.39. The molecule has 0 amide bonds. The zero-order valence-electron chi connectivity index (χ0n) is 55.3. The third-order valence-electron chi connectivity index (χ3n) is 17.6. The molecule has 0 spiro atoms. The van der Waals surface area contributed by atoms with E-state index in [0.717, 1.165) is 89.7 Å². The van der Waals surface area contributed by atoms with Crippen molar-refractivity contribution in [3.8, 4) is 33.8 Å². The first kappa shape index (κ1) is 68.7. The van der Waals surface area contributed by atoms with E-state index in [0.29, 0.717) is 5.46 Å². The highest BCUT2D eigenvalue weighted by molar-refractivity contribution is 9.10. The van der Waals surface area contributed by atoms with E-state index in [4.69, 9.17) is 9.47 Å². The molecular weight excluding hydrogens is 1270 g/mol. The summed E-state index contributed by atoms with van der Waals surface area (Å²) in [6.45, 7) is 0. The number of hydrogen-bond acceptors (Lipinski definition) is 8. The summed E-state index contributed by atoms with van der Waals surface area (Å²) in [5.41, 5.74) is 17.9. The van der Waals surface area contributed by atoms with Gasteiger partial charge in [0, 0.05) is 61.3 Å². The van der Waals surface area contributed by atoms with Crippen molar-refractivity contribution in [3.63, 3.8) is 0 Å². The van der Waals surface area contributed by atoms with Crippen LogP contribution in [0.5, 0.6) is 11.5 Å². The lowest BCUT2D eigenvalue weighted by molar-refractivity contribution is 0.397. The van der Waals surface area contributed by atoms with E-state index in [1.165, 1.54) is 80.9 Å². The smallest absolute Gasteiger partial charge is 0.488 e. The molecule has 2 aliphatic rings. The van der Waals surface area contributed by atoms with Crippen LogP contribution >= 0.6 is 23.9 Å². The summed E-state index contributed by atoms with van der Waals surface area (Å²) in [6, 6.07) is 109. The Bertz CT molecular complexity index is 4110. The van der Waals surface area contributed by atoms with Crippen LogP contribution in [-0.4, -0.2) is 42.7 Å². The van der Waals surface area contributed by atoms with Crippen molar-refractivity contribution in [3.05, 3.63) is 326 Å². The SMILES string of the molecule is Brc1ccc(Nc2ccccc2)cc1.COc1cccc(OC)c1-c1ccccc1P(C1CCCCC1)C1CCCCC1.OB(O)c1ccc(N(c2ccccc2)c2ccccc2)cc1.c1ccc(Nc2ccc(-c3ccc(N(c4ccccc4)c4ccccc4)cc3)cc2)cc1. The molecule has 0 aliphatic heterocycles. The Hall–Kier alpha value is -9.67. The Kier molecular flexibility index (Phi) is 25.4. The average Bonchev–Trinajstić information content (AvgIpc) is 0.820. The van der Waals surface area contributed by atoms with E-state index < -0.39 is 7.12 Å². The van der Waals surface area contributed by atoms with Crippen LogP contribution in [0.3, 0.4) is 0 Å². The van der Waals surface area contributed by atoms with Gasteiger partial charge in [0.1, 0.15) is 11.5 Å². The highest BCUT2D eigenvalue weighted by Crippen LogP contribution is 2.57. The molecule has 0 saturated heterocycles. The zero-order valence-corrected chi connectivity index (χ0v) is 57.8. The van der Waals surface area contributed by atoms with Crippen molar-refractivity contribution in [2.75, 3.05) is 34.7 Å². The lowest BCUT2D eigenvalue weighted by Crippen LogP contribution is -2.29. The average molecular weight is 1360 g/mol. The van der Waals surface area contributed by atoms with E-state index in [-0.39, 0.29) is 7.92 Å². The summed E-state index contributed by atoms with van der Waals surface area (Å²) in [4.78, 5) is 4.39. The van der Waals surface area contributed by atoms with Gasteiger partial charge in [-0.1, -0.05) is 238 Å². The van der Waals surface area contributed by atoms with Crippen LogP contribution in [0, 0.1) is 0 Å². The molecule has 14 rings (SSSR count). The Balaban J connectivity index is 0.000000136. The van der Waals surface area contributed by atoms with Gasteiger partial charge in [0.15, 0.2) is 0 Å². The van der Waals surface area contributed by atoms with Gasteiger partial charge in [0.05, 0.1) is 19.8 Å². The molecule has 8 nitrogen and oxygen atoms in total. The van der Waals surface area contributed by atoms with Crippen LogP contribution in [0.15, 0.2) is 326 Å². The number of benzene rings is 12. The Labute approximate surface area is 584 Å². The van der Waals surface area contributed by atoms with Gasteiger partial charge in [0.25, 0.3) is 0 Å². The molecule has 2 saturated carbocycles. The highest BCUT2D eigenvalue weighted by Gasteiger charge is 2.34. The highest BCUT2D eigenvalue weighted by atomic mass is 79.9. The minimum absolute atomic E-state index is 0.182. The number of para-hydroxylation sites is 6. The summed E-state index contributed by atoms with van der Waals surface area (Å²) >= 11 is 3.40.